The van der Waals surface area contributed by atoms with E-state index >= 15 is 0 Å². The van der Waals surface area contributed by atoms with Crippen LogP contribution in [0.1, 0.15) is 19.4 Å². The summed E-state index contributed by atoms with van der Waals surface area (Å²) >= 11 is 0. The second-order valence-corrected chi connectivity index (χ2v) is 5.96. The Hall–Kier alpha value is -2.95. The summed E-state index contributed by atoms with van der Waals surface area (Å²) in [6, 6.07) is 9.95. The molecule has 3 aromatic rings. The van der Waals surface area contributed by atoms with Crippen molar-refractivity contribution in [2.75, 3.05) is 5.32 Å². The molecular formula is C19H18FN3O. The zero-order valence-electron chi connectivity index (χ0n) is 13.8. The summed E-state index contributed by atoms with van der Waals surface area (Å²) in [5.74, 6) is 0.0355. The first-order valence-corrected chi connectivity index (χ1v) is 7.64. The zero-order valence-corrected chi connectivity index (χ0v) is 13.8. The van der Waals surface area contributed by atoms with Crippen LogP contribution in [0, 0.1) is 12.7 Å². The van der Waals surface area contributed by atoms with Gasteiger partial charge in [-0.15, -0.1) is 0 Å². The summed E-state index contributed by atoms with van der Waals surface area (Å²) in [5, 5.41) is 2.89. The number of hydrogen-bond acceptors (Lipinski definition) is 2. The number of benzene rings is 1. The first-order chi connectivity index (χ1) is 11.4. The van der Waals surface area contributed by atoms with Gasteiger partial charge in [-0.05, 0) is 62.7 Å². The molecule has 0 atom stereocenters. The number of halogens is 1. The first-order valence-electron chi connectivity index (χ1n) is 7.64. The maximum Gasteiger partial charge on any atom is 0.249 e. The molecule has 0 unspecified atom stereocenters. The third-order valence-corrected chi connectivity index (χ3v) is 3.56. The lowest BCUT2D eigenvalue weighted by atomic mass is 10.1. The van der Waals surface area contributed by atoms with E-state index in [2.05, 4.69) is 10.3 Å². The van der Waals surface area contributed by atoms with E-state index in [1.165, 1.54) is 18.2 Å². The number of pyridine rings is 1. The number of allylic oxidation sites excluding steroid dienone is 1. The van der Waals surface area contributed by atoms with Gasteiger partial charge in [0.05, 0.1) is 0 Å². The minimum absolute atomic E-state index is 0.222. The zero-order chi connectivity index (χ0) is 17.3. The van der Waals surface area contributed by atoms with Crippen LogP contribution >= 0.6 is 0 Å². The number of aryl methyl sites for hydroxylation is 1. The van der Waals surface area contributed by atoms with Crippen molar-refractivity contribution < 1.29 is 9.18 Å². The Bertz CT molecular complexity index is 935. The summed E-state index contributed by atoms with van der Waals surface area (Å²) in [6.07, 6.45) is 3.39. The van der Waals surface area contributed by atoms with Gasteiger partial charge in [0.15, 0.2) is 0 Å². The summed E-state index contributed by atoms with van der Waals surface area (Å²) < 4.78 is 15.0. The van der Waals surface area contributed by atoms with Crippen LogP contribution in [-0.2, 0) is 4.79 Å². The van der Waals surface area contributed by atoms with Gasteiger partial charge in [-0.3, -0.25) is 9.20 Å². The molecule has 0 radical (unpaired) electrons. The van der Waals surface area contributed by atoms with E-state index in [1.807, 2.05) is 43.5 Å². The van der Waals surface area contributed by atoms with Crippen molar-refractivity contribution in [2.45, 2.75) is 20.8 Å². The van der Waals surface area contributed by atoms with Crippen molar-refractivity contribution in [1.82, 2.24) is 9.38 Å². The van der Waals surface area contributed by atoms with Crippen LogP contribution in [0.15, 0.2) is 54.2 Å². The molecule has 0 fully saturated rings. The average Bonchev–Trinajstić information content (AvgIpc) is 2.85. The van der Waals surface area contributed by atoms with E-state index in [1.54, 1.807) is 12.1 Å². The number of nitrogens with zero attached hydrogens (tertiary/aromatic N) is 2. The van der Waals surface area contributed by atoms with Crippen LogP contribution in [0.4, 0.5) is 10.2 Å². The summed E-state index contributed by atoms with van der Waals surface area (Å²) in [6.45, 7) is 5.70. The van der Waals surface area contributed by atoms with E-state index in [9.17, 15) is 9.18 Å². The maximum atomic E-state index is 13.2. The number of rotatable bonds is 3. The Kier molecular flexibility index (Phi) is 4.16. The van der Waals surface area contributed by atoms with E-state index in [0.29, 0.717) is 11.5 Å². The first kappa shape index (κ1) is 15.9. The molecule has 122 valence electrons. The van der Waals surface area contributed by atoms with Crippen molar-refractivity contribution in [3.8, 4) is 11.3 Å². The fourth-order valence-electron chi connectivity index (χ4n) is 2.49. The van der Waals surface area contributed by atoms with Crippen LogP contribution in [0.25, 0.3) is 16.9 Å². The fraction of sp³-hybridized carbons (Fsp3) is 0.158. The Labute approximate surface area is 139 Å². The topological polar surface area (TPSA) is 46.4 Å². The number of imidazole rings is 1. The lowest BCUT2D eigenvalue weighted by Crippen LogP contribution is -2.11. The smallest absolute Gasteiger partial charge is 0.249 e. The molecule has 0 bridgehead atoms. The predicted octanol–water partition coefficient (Wildman–Crippen LogP) is 4.35. The number of anilines is 1. The van der Waals surface area contributed by atoms with Crippen molar-refractivity contribution in [3.05, 3.63) is 65.6 Å². The lowest BCUT2D eigenvalue weighted by molar-refractivity contribution is -0.112. The van der Waals surface area contributed by atoms with Crippen LogP contribution in [-0.4, -0.2) is 15.3 Å². The van der Waals surface area contributed by atoms with Crippen molar-refractivity contribution in [3.63, 3.8) is 0 Å². The standard InChI is InChI=1S/C19H18FN3O/c1-12(2)10-17(24)22-19-18(14-4-6-15(20)7-5-14)21-16-11-13(3)8-9-23(16)19/h4-11H,1-3H3,(H,22,24). The Morgan fingerprint density at radius 3 is 2.58 bits per heavy atom. The number of carbonyl (C=O) groups excluding carboxylic acids is 1. The highest BCUT2D eigenvalue weighted by Gasteiger charge is 2.16. The van der Waals surface area contributed by atoms with Crippen LogP contribution in [0.5, 0.6) is 0 Å². The van der Waals surface area contributed by atoms with Crippen LogP contribution in [0.2, 0.25) is 0 Å². The number of carbonyl (C=O) groups is 1. The monoisotopic (exact) mass is 323 g/mol. The third-order valence-electron chi connectivity index (χ3n) is 3.56. The van der Waals surface area contributed by atoms with Gasteiger partial charge < -0.3 is 5.32 Å². The predicted molar refractivity (Wildman–Crippen MR) is 93.4 cm³/mol. The number of fused-ring (bicyclic) bond motifs is 1. The minimum Gasteiger partial charge on any atom is -0.306 e. The molecule has 0 aliphatic carbocycles. The van der Waals surface area contributed by atoms with Gasteiger partial charge in [0, 0.05) is 17.8 Å². The van der Waals surface area contributed by atoms with Crippen LogP contribution in [0.3, 0.4) is 0 Å². The van der Waals surface area contributed by atoms with Crippen LogP contribution < -0.4 is 5.32 Å². The fourth-order valence-corrected chi connectivity index (χ4v) is 2.49. The molecule has 0 saturated heterocycles. The van der Waals surface area contributed by atoms with Gasteiger partial charge in [-0.2, -0.15) is 0 Å². The summed E-state index contributed by atoms with van der Waals surface area (Å²) in [7, 11) is 0. The molecular weight excluding hydrogens is 305 g/mol. The molecule has 1 amide bonds. The largest absolute Gasteiger partial charge is 0.306 e. The summed E-state index contributed by atoms with van der Waals surface area (Å²) in [5.41, 5.74) is 4.05. The van der Waals surface area contributed by atoms with Crippen molar-refractivity contribution in [2.24, 2.45) is 0 Å². The molecule has 2 aromatic heterocycles. The molecule has 24 heavy (non-hydrogen) atoms. The molecule has 2 heterocycles. The average molecular weight is 323 g/mol. The molecule has 0 saturated carbocycles. The Morgan fingerprint density at radius 1 is 1.21 bits per heavy atom. The van der Waals surface area contributed by atoms with Gasteiger partial charge in [-0.1, -0.05) is 5.57 Å². The molecule has 1 N–H and O–H groups in total. The van der Waals surface area contributed by atoms with E-state index in [4.69, 9.17) is 0 Å². The minimum atomic E-state index is -0.312. The number of nitrogens with one attached hydrogen (secondary N) is 1. The molecule has 3 rings (SSSR count). The number of amides is 1. The van der Waals surface area contributed by atoms with Crippen molar-refractivity contribution in [1.29, 1.82) is 0 Å². The van der Waals surface area contributed by atoms with Gasteiger partial charge in [0.25, 0.3) is 0 Å². The third kappa shape index (κ3) is 3.20. The van der Waals surface area contributed by atoms with E-state index in [-0.39, 0.29) is 11.7 Å². The van der Waals surface area contributed by atoms with Gasteiger partial charge >= 0.3 is 0 Å². The molecule has 0 spiro atoms. The Morgan fingerprint density at radius 2 is 1.92 bits per heavy atom. The maximum absolute atomic E-state index is 13.2. The lowest BCUT2D eigenvalue weighted by Gasteiger charge is -2.06. The molecule has 4 nitrogen and oxygen atoms in total. The molecule has 0 aliphatic rings. The SMILES string of the molecule is CC(C)=CC(=O)Nc1c(-c2ccc(F)cc2)nc2cc(C)ccn12. The molecule has 0 aliphatic heterocycles. The normalized spacial score (nSPS) is 10.7. The van der Waals surface area contributed by atoms with E-state index < -0.39 is 0 Å². The van der Waals surface area contributed by atoms with Gasteiger partial charge in [0.2, 0.25) is 5.91 Å². The number of aromatic nitrogens is 2. The highest BCUT2D eigenvalue weighted by molar-refractivity contribution is 6.01. The quantitative estimate of drug-likeness (QED) is 0.728. The highest BCUT2D eigenvalue weighted by atomic mass is 19.1. The number of hydrogen-bond donors (Lipinski definition) is 1. The molecule has 1 aromatic carbocycles. The second kappa shape index (κ2) is 6.28. The highest BCUT2D eigenvalue weighted by Crippen LogP contribution is 2.29. The second-order valence-electron chi connectivity index (χ2n) is 5.96. The Balaban J connectivity index is 2.16. The molecule has 5 heteroatoms. The van der Waals surface area contributed by atoms with Gasteiger partial charge in [-0.25, -0.2) is 9.37 Å². The van der Waals surface area contributed by atoms with Gasteiger partial charge in [0.1, 0.15) is 23.0 Å². The summed E-state index contributed by atoms with van der Waals surface area (Å²) in [4.78, 5) is 16.8. The van der Waals surface area contributed by atoms with E-state index in [0.717, 1.165) is 22.3 Å². The van der Waals surface area contributed by atoms with Crippen molar-refractivity contribution >= 4 is 17.4 Å².